The summed E-state index contributed by atoms with van der Waals surface area (Å²) >= 11 is 1.47. The number of nitrogens with one attached hydrogen (secondary N) is 1. The molecular weight excluding hydrogens is 367 g/mol. The van der Waals surface area contributed by atoms with Crippen LogP contribution in [-0.2, 0) is 9.53 Å². The summed E-state index contributed by atoms with van der Waals surface area (Å²) in [7, 11) is 0. The van der Waals surface area contributed by atoms with Crippen molar-refractivity contribution in [2.75, 3.05) is 12.3 Å². The van der Waals surface area contributed by atoms with Crippen LogP contribution < -0.4 is 11.1 Å². The Balaban J connectivity index is 1.65. The zero-order valence-electron chi connectivity index (χ0n) is 14.2. The molecule has 0 aliphatic rings. The van der Waals surface area contributed by atoms with E-state index in [0.29, 0.717) is 11.3 Å². The van der Waals surface area contributed by atoms with E-state index in [-0.39, 0.29) is 5.82 Å². The van der Waals surface area contributed by atoms with Crippen molar-refractivity contribution >= 4 is 28.9 Å². The molecule has 138 valence electrons. The number of carbonyl (C=O) groups is 2. The maximum absolute atomic E-state index is 13.2. The SMILES string of the molecule is Nc1ccc(C(=O)OCC(=O)N[C@@H](c2ccc(F)cc2)c2cccs2)cc1. The predicted molar refractivity (Wildman–Crippen MR) is 102 cm³/mol. The fourth-order valence-electron chi connectivity index (χ4n) is 2.47. The van der Waals surface area contributed by atoms with E-state index in [4.69, 9.17) is 10.5 Å². The normalized spacial score (nSPS) is 11.6. The van der Waals surface area contributed by atoms with Crippen LogP contribution >= 0.6 is 11.3 Å². The molecule has 1 heterocycles. The topological polar surface area (TPSA) is 81.4 Å². The van der Waals surface area contributed by atoms with E-state index in [1.54, 1.807) is 24.3 Å². The first-order valence-electron chi connectivity index (χ1n) is 8.14. The smallest absolute Gasteiger partial charge is 0.338 e. The number of ether oxygens (including phenoxy) is 1. The second-order valence-electron chi connectivity index (χ2n) is 5.77. The van der Waals surface area contributed by atoms with Crippen LogP contribution in [0.3, 0.4) is 0 Å². The van der Waals surface area contributed by atoms with E-state index in [1.807, 2.05) is 17.5 Å². The third kappa shape index (κ3) is 4.92. The maximum atomic E-state index is 13.2. The van der Waals surface area contributed by atoms with Gasteiger partial charge in [0.1, 0.15) is 5.82 Å². The first kappa shape index (κ1) is 18.6. The molecule has 27 heavy (non-hydrogen) atoms. The van der Waals surface area contributed by atoms with E-state index in [1.165, 1.54) is 35.6 Å². The summed E-state index contributed by atoms with van der Waals surface area (Å²) in [6, 6.07) is 15.4. The quantitative estimate of drug-likeness (QED) is 0.503. The second-order valence-corrected chi connectivity index (χ2v) is 6.74. The van der Waals surface area contributed by atoms with Crippen molar-refractivity contribution in [1.29, 1.82) is 0 Å². The third-order valence-corrected chi connectivity index (χ3v) is 4.75. The van der Waals surface area contributed by atoms with Gasteiger partial charge in [-0.2, -0.15) is 0 Å². The standard InChI is InChI=1S/C20H17FN2O3S/c21-15-7-3-13(4-8-15)19(17-2-1-11-27-17)23-18(24)12-26-20(25)14-5-9-16(22)10-6-14/h1-11,19H,12,22H2,(H,23,24)/t19-/m0/s1. The minimum atomic E-state index is -0.611. The molecular formula is C20H17FN2O3S. The molecule has 0 saturated carbocycles. The minimum Gasteiger partial charge on any atom is -0.452 e. The lowest BCUT2D eigenvalue weighted by Gasteiger charge is -2.18. The number of hydrogen-bond donors (Lipinski definition) is 2. The summed E-state index contributed by atoms with van der Waals surface area (Å²) in [6.07, 6.45) is 0. The summed E-state index contributed by atoms with van der Waals surface area (Å²) < 4.78 is 18.3. The van der Waals surface area contributed by atoms with Crippen LogP contribution in [0.15, 0.2) is 66.0 Å². The van der Waals surface area contributed by atoms with Gasteiger partial charge >= 0.3 is 5.97 Å². The molecule has 1 atom stereocenters. The van der Waals surface area contributed by atoms with E-state index < -0.39 is 24.5 Å². The third-order valence-electron chi connectivity index (χ3n) is 3.82. The van der Waals surface area contributed by atoms with Crippen molar-refractivity contribution in [2.24, 2.45) is 0 Å². The Morgan fingerprint density at radius 1 is 1.07 bits per heavy atom. The highest BCUT2D eigenvalue weighted by atomic mass is 32.1. The molecule has 3 rings (SSSR count). The van der Waals surface area contributed by atoms with Gasteiger partial charge in [0.2, 0.25) is 0 Å². The lowest BCUT2D eigenvalue weighted by molar-refractivity contribution is -0.124. The predicted octanol–water partition coefficient (Wildman–Crippen LogP) is 3.53. The summed E-state index contributed by atoms with van der Waals surface area (Å²) in [4.78, 5) is 25.2. The van der Waals surface area contributed by atoms with Crippen LogP contribution in [0.2, 0.25) is 0 Å². The maximum Gasteiger partial charge on any atom is 0.338 e. The minimum absolute atomic E-state index is 0.311. The molecule has 0 unspecified atom stereocenters. The molecule has 0 radical (unpaired) electrons. The number of anilines is 1. The van der Waals surface area contributed by atoms with Crippen LogP contribution in [0.25, 0.3) is 0 Å². The summed E-state index contributed by atoms with van der Waals surface area (Å²) in [5, 5.41) is 4.71. The zero-order valence-corrected chi connectivity index (χ0v) is 15.0. The van der Waals surface area contributed by atoms with Crippen molar-refractivity contribution in [3.8, 4) is 0 Å². The van der Waals surface area contributed by atoms with Crippen molar-refractivity contribution in [3.05, 3.63) is 87.9 Å². The first-order valence-corrected chi connectivity index (χ1v) is 9.02. The van der Waals surface area contributed by atoms with Gasteiger partial charge in [-0.15, -0.1) is 11.3 Å². The van der Waals surface area contributed by atoms with E-state index >= 15 is 0 Å². The van der Waals surface area contributed by atoms with Gasteiger partial charge < -0.3 is 15.8 Å². The molecule has 0 spiro atoms. The Kier molecular flexibility index (Phi) is 5.83. The van der Waals surface area contributed by atoms with Crippen molar-refractivity contribution in [3.63, 3.8) is 0 Å². The lowest BCUT2D eigenvalue weighted by atomic mass is 10.1. The molecule has 0 fully saturated rings. The van der Waals surface area contributed by atoms with Gasteiger partial charge in [-0.1, -0.05) is 18.2 Å². The van der Waals surface area contributed by atoms with Crippen molar-refractivity contribution < 1.29 is 18.7 Å². The number of thiophene rings is 1. The monoisotopic (exact) mass is 384 g/mol. The van der Waals surface area contributed by atoms with Gasteiger partial charge in [0.25, 0.3) is 5.91 Å². The fraction of sp³-hybridized carbons (Fsp3) is 0.100. The van der Waals surface area contributed by atoms with Crippen molar-refractivity contribution in [1.82, 2.24) is 5.32 Å². The van der Waals surface area contributed by atoms with Crippen molar-refractivity contribution in [2.45, 2.75) is 6.04 Å². The molecule has 3 N–H and O–H groups in total. The van der Waals surface area contributed by atoms with E-state index in [2.05, 4.69) is 5.32 Å². The Hall–Kier alpha value is -3.19. The van der Waals surface area contributed by atoms with Gasteiger partial charge in [0.15, 0.2) is 6.61 Å². The molecule has 2 aromatic carbocycles. The highest BCUT2D eigenvalue weighted by molar-refractivity contribution is 7.10. The van der Waals surface area contributed by atoms with E-state index in [9.17, 15) is 14.0 Å². The summed E-state index contributed by atoms with van der Waals surface area (Å²) in [5.74, 6) is -1.42. The molecule has 0 saturated heterocycles. The molecule has 0 aliphatic heterocycles. The fourth-order valence-corrected chi connectivity index (χ4v) is 3.27. The molecule has 0 aliphatic carbocycles. The Labute approximate surface area is 159 Å². The van der Waals surface area contributed by atoms with Gasteiger partial charge in [-0.25, -0.2) is 9.18 Å². The Morgan fingerprint density at radius 3 is 2.41 bits per heavy atom. The number of benzene rings is 2. The van der Waals surface area contributed by atoms with Crippen LogP contribution in [0.5, 0.6) is 0 Å². The number of hydrogen-bond acceptors (Lipinski definition) is 5. The molecule has 5 nitrogen and oxygen atoms in total. The zero-order chi connectivity index (χ0) is 19.2. The number of halogens is 1. The van der Waals surface area contributed by atoms with Crippen LogP contribution in [-0.4, -0.2) is 18.5 Å². The molecule has 3 aromatic rings. The number of nitrogen functional groups attached to an aromatic ring is 1. The van der Waals surface area contributed by atoms with Gasteiger partial charge in [-0.05, 0) is 53.4 Å². The summed E-state index contributed by atoms with van der Waals surface area (Å²) in [5.41, 5.74) is 7.15. The van der Waals surface area contributed by atoms with E-state index in [0.717, 1.165) is 10.4 Å². The molecule has 0 bridgehead atoms. The first-order chi connectivity index (χ1) is 13.0. The van der Waals surface area contributed by atoms with Gasteiger partial charge in [0.05, 0.1) is 11.6 Å². The number of amides is 1. The number of esters is 1. The largest absolute Gasteiger partial charge is 0.452 e. The summed E-state index contributed by atoms with van der Waals surface area (Å²) in [6.45, 7) is -0.424. The van der Waals surface area contributed by atoms with Gasteiger partial charge in [0, 0.05) is 10.6 Å². The second kappa shape index (κ2) is 8.46. The lowest BCUT2D eigenvalue weighted by Crippen LogP contribution is -2.32. The number of nitrogens with two attached hydrogens (primary N) is 1. The average molecular weight is 384 g/mol. The Morgan fingerprint density at radius 2 is 1.78 bits per heavy atom. The number of rotatable bonds is 6. The highest BCUT2D eigenvalue weighted by Gasteiger charge is 2.19. The number of carbonyl (C=O) groups excluding carboxylic acids is 2. The Bertz CT molecular complexity index is 909. The highest BCUT2D eigenvalue weighted by Crippen LogP contribution is 2.26. The van der Waals surface area contributed by atoms with Gasteiger partial charge in [-0.3, -0.25) is 4.79 Å². The van der Waals surface area contributed by atoms with Crippen LogP contribution in [0.4, 0.5) is 10.1 Å². The molecule has 1 amide bonds. The molecule has 7 heteroatoms. The average Bonchev–Trinajstić information content (AvgIpc) is 3.20. The van der Waals surface area contributed by atoms with Crippen LogP contribution in [0.1, 0.15) is 26.8 Å². The van der Waals surface area contributed by atoms with Crippen LogP contribution in [0, 0.1) is 5.82 Å². The molecule has 1 aromatic heterocycles.